The van der Waals surface area contributed by atoms with Crippen LogP contribution in [0.4, 0.5) is 5.82 Å². The van der Waals surface area contributed by atoms with Gasteiger partial charge >= 0.3 is 0 Å². The Morgan fingerprint density at radius 3 is 2.62 bits per heavy atom. The van der Waals surface area contributed by atoms with Crippen LogP contribution < -0.4 is 10.1 Å². The van der Waals surface area contributed by atoms with E-state index in [1.807, 2.05) is 38.1 Å². The molecule has 0 fully saturated rings. The maximum Gasteiger partial charge on any atom is 0.228 e. The average Bonchev–Trinajstić information content (AvgIpc) is 2.45. The third-order valence-corrected chi connectivity index (χ3v) is 3.26. The molecule has 4 nitrogen and oxygen atoms in total. The van der Waals surface area contributed by atoms with Gasteiger partial charge in [-0.1, -0.05) is 12.1 Å². The van der Waals surface area contributed by atoms with Gasteiger partial charge in [0.05, 0.1) is 13.0 Å². The third-order valence-electron chi connectivity index (χ3n) is 3.26. The number of aryl methyl sites for hydroxylation is 3. The van der Waals surface area contributed by atoms with Crippen molar-refractivity contribution >= 4 is 11.7 Å². The number of amides is 1. The number of hydrogen-bond donors (Lipinski definition) is 1. The van der Waals surface area contributed by atoms with E-state index in [-0.39, 0.29) is 5.91 Å². The van der Waals surface area contributed by atoms with Crippen molar-refractivity contribution < 1.29 is 9.53 Å². The van der Waals surface area contributed by atoms with Gasteiger partial charge in [0.2, 0.25) is 5.91 Å². The van der Waals surface area contributed by atoms with E-state index < -0.39 is 0 Å². The number of ether oxygens (including phenoxy) is 1. The summed E-state index contributed by atoms with van der Waals surface area (Å²) in [5, 5.41) is 2.75. The standard InChI is InChI=1S/C17H20N2O2/c1-12-4-7-16(18-11-12)19-17(20)8-9-21-15-6-5-13(2)14(3)10-15/h4-7,10-11H,8-9H2,1-3H3,(H,18,19,20). The Bertz CT molecular complexity index is 621. The molecule has 0 unspecified atom stereocenters. The van der Waals surface area contributed by atoms with Gasteiger partial charge in [-0.15, -0.1) is 0 Å². The van der Waals surface area contributed by atoms with Crippen molar-refractivity contribution in [2.75, 3.05) is 11.9 Å². The van der Waals surface area contributed by atoms with Crippen molar-refractivity contribution in [2.24, 2.45) is 0 Å². The molecule has 0 saturated heterocycles. The summed E-state index contributed by atoms with van der Waals surface area (Å²) in [5.41, 5.74) is 3.47. The second-order valence-electron chi connectivity index (χ2n) is 5.11. The Morgan fingerprint density at radius 1 is 1.14 bits per heavy atom. The Morgan fingerprint density at radius 2 is 1.95 bits per heavy atom. The van der Waals surface area contributed by atoms with Crippen LogP contribution in [0.25, 0.3) is 0 Å². The third kappa shape index (κ3) is 4.60. The van der Waals surface area contributed by atoms with Crippen LogP contribution >= 0.6 is 0 Å². The summed E-state index contributed by atoms with van der Waals surface area (Å²) in [6, 6.07) is 9.61. The molecule has 4 heteroatoms. The van der Waals surface area contributed by atoms with Crippen molar-refractivity contribution in [1.29, 1.82) is 0 Å². The number of pyridine rings is 1. The molecule has 0 atom stereocenters. The number of aromatic nitrogens is 1. The summed E-state index contributed by atoms with van der Waals surface area (Å²) in [7, 11) is 0. The van der Waals surface area contributed by atoms with E-state index >= 15 is 0 Å². The minimum absolute atomic E-state index is 0.102. The number of hydrogen-bond acceptors (Lipinski definition) is 3. The number of anilines is 1. The summed E-state index contributed by atoms with van der Waals surface area (Å²) >= 11 is 0. The minimum atomic E-state index is -0.102. The molecule has 0 spiro atoms. The molecule has 0 aliphatic carbocycles. The molecule has 2 aromatic rings. The molecule has 0 saturated carbocycles. The van der Waals surface area contributed by atoms with Gasteiger partial charge < -0.3 is 10.1 Å². The van der Waals surface area contributed by atoms with Gasteiger partial charge in [0, 0.05) is 6.20 Å². The largest absolute Gasteiger partial charge is 0.493 e. The fraction of sp³-hybridized carbons (Fsp3) is 0.294. The lowest BCUT2D eigenvalue weighted by molar-refractivity contribution is -0.116. The zero-order valence-corrected chi connectivity index (χ0v) is 12.6. The zero-order chi connectivity index (χ0) is 15.2. The van der Waals surface area contributed by atoms with Gasteiger partial charge in [-0.25, -0.2) is 4.98 Å². The highest BCUT2D eigenvalue weighted by molar-refractivity contribution is 5.89. The summed E-state index contributed by atoms with van der Waals surface area (Å²) in [4.78, 5) is 15.9. The molecule has 1 aromatic heterocycles. The molecule has 1 heterocycles. The van der Waals surface area contributed by atoms with E-state index in [4.69, 9.17) is 4.74 Å². The van der Waals surface area contributed by atoms with Crippen molar-refractivity contribution in [3.8, 4) is 5.75 Å². The summed E-state index contributed by atoms with van der Waals surface area (Å²) in [5.74, 6) is 1.26. The first-order valence-corrected chi connectivity index (χ1v) is 6.97. The van der Waals surface area contributed by atoms with Crippen LogP contribution in [0.3, 0.4) is 0 Å². The summed E-state index contributed by atoms with van der Waals surface area (Å²) in [6.07, 6.45) is 2.02. The summed E-state index contributed by atoms with van der Waals surface area (Å²) in [6.45, 7) is 6.40. The highest BCUT2D eigenvalue weighted by Crippen LogP contribution is 2.16. The lowest BCUT2D eigenvalue weighted by Crippen LogP contribution is -2.16. The van der Waals surface area contributed by atoms with Gasteiger partial charge in [0.25, 0.3) is 0 Å². The summed E-state index contributed by atoms with van der Waals surface area (Å²) < 4.78 is 5.59. The van der Waals surface area contributed by atoms with Crippen LogP contribution in [0.5, 0.6) is 5.75 Å². The maximum atomic E-state index is 11.8. The number of carbonyl (C=O) groups excluding carboxylic acids is 1. The smallest absolute Gasteiger partial charge is 0.228 e. The van der Waals surface area contributed by atoms with Gasteiger partial charge in [0.1, 0.15) is 11.6 Å². The Hall–Kier alpha value is -2.36. The van der Waals surface area contributed by atoms with Gasteiger partial charge in [-0.2, -0.15) is 0 Å². The van der Waals surface area contributed by atoms with Gasteiger partial charge in [-0.05, 0) is 55.7 Å². The monoisotopic (exact) mass is 284 g/mol. The van der Waals surface area contributed by atoms with E-state index in [2.05, 4.69) is 17.2 Å². The molecular formula is C17H20N2O2. The van der Waals surface area contributed by atoms with E-state index in [0.29, 0.717) is 18.8 Å². The fourth-order valence-corrected chi connectivity index (χ4v) is 1.81. The SMILES string of the molecule is Cc1ccc(NC(=O)CCOc2ccc(C)c(C)c2)nc1. The first-order chi connectivity index (χ1) is 10.0. The second-order valence-corrected chi connectivity index (χ2v) is 5.11. The van der Waals surface area contributed by atoms with Crippen molar-refractivity contribution in [3.05, 3.63) is 53.2 Å². The molecule has 1 aromatic carbocycles. The second kappa shape index (κ2) is 6.88. The first kappa shape index (κ1) is 15.0. The van der Waals surface area contributed by atoms with E-state index in [9.17, 15) is 4.79 Å². The molecular weight excluding hydrogens is 264 g/mol. The van der Waals surface area contributed by atoms with E-state index in [1.54, 1.807) is 12.3 Å². The lowest BCUT2D eigenvalue weighted by Gasteiger charge is -2.08. The molecule has 1 N–H and O–H groups in total. The zero-order valence-electron chi connectivity index (χ0n) is 12.6. The first-order valence-electron chi connectivity index (χ1n) is 6.97. The van der Waals surface area contributed by atoms with Crippen LogP contribution in [0, 0.1) is 20.8 Å². The molecule has 1 amide bonds. The van der Waals surface area contributed by atoms with Crippen LogP contribution in [-0.2, 0) is 4.79 Å². The molecule has 0 bridgehead atoms. The van der Waals surface area contributed by atoms with Crippen molar-refractivity contribution in [1.82, 2.24) is 4.98 Å². The van der Waals surface area contributed by atoms with E-state index in [0.717, 1.165) is 11.3 Å². The highest BCUT2D eigenvalue weighted by atomic mass is 16.5. The number of nitrogens with zero attached hydrogens (tertiary/aromatic N) is 1. The van der Waals surface area contributed by atoms with Crippen LogP contribution in [0.1, 0.15) is 23.1 Å². The number of rotatable bonds is 5. The molecule has 2 rings (SSSR count). The molecule has 0 aliphatic heterocycles. The van der Waals surface area contributed by atoms with Crippen LogP contribution in [-0.4, -0.2) is 17.5 Å². The molecule has 0 aliphatic rings. The maximum absolute atomic E-state index is 11.8. The molecule has 110 valence electrons. The topological polar surface area (TPSA) is 51.2 Å². The highest BCUT2D eigenvalue weighted by Gasteiger charge is 2.04. The molecule has 0 radical (unpaired) electrons. The molecule has 21 heavy (non-hydrogen) atoms. The Kier molecular flexibility index (Phi) is 4.93. The quantitative estimate of drug-likeness (QED) is 0.915. The Balaban J connectivity index is 1.78. The van der Waals surface area contributed by atoms with Crippen LogP contribution in [0.2, 0.25) is 0 Å². The van der Waals surface area contributed by atoms with Crippen LogP contribution in [0.15, 0.2) is 36.5 Å². The number of nitrogens with one attached hydrogen (secondary N) is 1. The fourth-order valence-electron chi connectivity index (χ4n) is 1.81. The van der Waals surface area contributed by atoms with Gasteiger partial charge in [-0.3, -0.25) is 4.79 Å². The normalized spacial score (nSPS) is 10.2. The van der Waals surface area contributed by atoms with Gasteiger partial charge in [0.15, 0.2) is 0 Å². The predicted molar refractivity (Wildman–Crippen MR) is 83.6 cm³/mol. The van der Waals surface area contributed by atoms with Crippen molar-refractivity contribution in [2.45, 2.75) is 27.2 Å². The average molecular weight is 284 g/mol. The minimum Gasteiger partial charge on any atom is -0.493 e. The number of carbonyl (C=O) groups is 1. The predicted octanol–water partition coefficient (Wildman–Crippen LogP) is 3.41. The lowest BCUT2D eigenvalue weighted by atomic mass is 10.1. The number of benzene rings is 1. The van der Waals surface area contributed by atoms with E-state index in [1.165, 1.54) is 11.1 Å². The van der Waals surface area contributed by atoms with Crippen molar-refractivity contribution in [3.63, 3.8) is 0 Å². The Labute approximate surface area is 125 Å².